The maximum Gasteiger partial charge on any atom is 0.0247 e. The number of hydrogen-bond donors (Lipinski definition) is 1. The number of piperazine rings is 1. The van der Waals surface area contributed by atoms with Gasteiger partial charge >= 0.3 is 0 Å². The molecule has 1 rings (SSSR count). The zero-order chi connectivity index (χ0) is 14.4. The molecule has 1 N–H and O–H groups in total. The van der Waals surface area contributed by atoms with Crippen LogP contribution < -0.4 is 5.32 Å². The lowest BCUT2D eigenvalue weighted by molar-refractivity contribution is 0.0455. The molecular formula is C17H36N2. The molecule has 1 fully saturated rings. The molecule has 2 nitrogen and oxygen atoms in total. The van der Waals surface area contributed by atoms with Crippen LogP contribution in [0.5, 0.6) is 0 Å². The van der Waals surface area contributed by atoms with Gasteiger partial charge in [0.2, 0.25) is 0 Å². The zero-order valence-electron chi connectivity index (χ0n) is 14.1. The Labute approximate surface area is 121 Å². The minimum Gasteiger partial charge on any atom is -0.311 e. The molecule has 0 amide bonds. The number of unbranched alkanes of at least 4 members (excludes halogenated alkanes) is 1. The maximum atomic E-state index is 3.80. The van der Waals surface area contributed by atoms with Crippen molar-refractivity contribution in [3.05, 3.63) is 0 Å². The summed E-state index contributed by atoms with van der Waals surface area (Å²) in [6, 6.07) is 2.14. The van der Waals surface area contributed by atoms with Crippen LogP contribution in [0.1, 0.15) is 67.2 Å². The van der Waals surface area contributed by atoms with E-state index < -0.39 is 0 Å². The van der Waals surface area contributed by atoms with Crippen molar-refractivity contribution in [2.45, 2.75) is 85.4 Å². The molecule has 1 aliphatic rings. The van der Waals surface area contributed by atoms with Crippen molar-refractivity contribution in [3.63, 3.8) is 0 Å². The van der Waals surface area contributed by atoms with E-state index in [4.69, 9.17) is 0 Å². The SMILES string of the molecule is CCCCC(C)N1CC(C(C)CC)NCC1C(C)C. The van der Waals surface area contributed by atoms with Crippen molar-refractivity contribution in [3.8, 4) is 0 Å². The molecule has 0 aliphatic carbocycles. The monoisotopic (exact) mass is 268 g/mol. The maximum absolute atomic E-state index is 3.80. The lowest BCUT2D eigenvalue weighted by Crippen LogP contribution is -2.62. The summed E-state index contributed by atoms with van der Waals surface area (Å²) in [5.74, 6) is 1.53. The standard InChI is InChI=1S/C17H36N2/c1-7-9-10-15(6)19-12-16(14(5)8-2)18-11-17(19)13(3)4/h13-18H,7-12H2,1-6H3. The molecule has 1 aliphatic heterocycles. The van der Waals surface area contributed by atoms with Gasteiger partial charge in [-0.05, 0) is 25.2 Å². The van der Waals surface area contributed by atoms with Gasteiger partial charge < -0.3 is 5.32 Å². The first-order chi connectivity index (χ1) is 9.01. The molecule has 1 heterocycles. The molecule has 2 heteroatoms. The number of rotatable bonds is 7. The van der Waals surface area contributed by atoms with E-state index in [0.717, 1.165) is 17.9 Å². The van der Waals surface area contributed by atoms with Crippen LogP contribution >= 0.6 is 0 Å². The predicted molar refractivity (Wildman–Crippen MR) is 85.6 cm³/mol. The topological polar surface area (TPSA) is 15.3 Å². The van der Waals surface area contributed by atoms with Crippen LogP contribution in [-0.4, -0.2) is 36.1 Å². The normalized spacial score (nSPS) is 28.6. The fourth-order valence-electron chi connectivity index (χ4n) is 3.27. The average Bonchev–Trinajstić information content (AvgIpc) is 2.42. The van der Waals surface area contributed by atoms with Gasteiger partial charge in [0.05, 0.1) is 0 Å². The molecule has 0 radical (unpaired) electrons. The van der Waals surface area contributed by atoms with E-state index in [1.807, 2.05) is 0 Å². The van der Waals surface area contributed by atoms with E-state index in [2.05, 4.69) is 51.8 Å². The molecule has 114 valence electrons. The zero-order valence-corrected chi connectivity index (χ0v) is 14.1. The van der Waals surface area contributed by atoms with Gasteiger partial charge in [0, 0.05) is 31.2 Å². The molecule has 4 unspecified atom stereocenters. The minimum atomic E-state index is 0.684. The van der Waals surface area contributed by atoms with E-state index in [9.17, 15) is 0 Å². The smallest absolute Gasteiger partial charge is 0.0247 e. The summed E-state index contributed by atoms with van der Waals surface area (Å²) >= 11 is 0. The van der Waals surface area contributed by atoms with E-state index in [0.29, 0.717) is 12.1 Å². The van der Waals surface area contributed by atoms with Gasteiger partial charge in [-0.1, -0.05) is 53.9 Å². The molecule has 1 saturated heterocycles. The highest BCUT2D eigenvalue weighted by Gasteiger charge is 2.33. The summed E-state index contributed by atoms with van der Waals surface area (Å²) in [7, 11) is 0. The summed E-state index contributed by atoms with van der Waals surface area (Å²) in [6.07, 6.45) is 5.32. The highest BCUT2D eigenvalue weighted by molar-refractivity contribution is 4.91. The van der Waals surface area contributed by atoms with Gasteiger partial charge in [-0.3, -0.25) is 4.90 Å². The van der Waals surface area contributed by atoms with E-state index in [1.54, 1.807) is 0 Å². The van der Waals surface area contributed by atoms with Gasteiger partial charge in [0.15, 0.2) is 0 Å². The Kier molecular flexibility index (Phi) is 7.38. The quantitative estimate of drug-likeness (QED) is 0.753. The van der Waals surface area contributed by atoms with E-state index >= 15 is 0 Å². The second kappa shape index (κ2) is 8.26. The summed E-state index contributed by atoms with van der Waals surface area (Å²) in [6.45, 7) is 16.6. The van der Waals surface area contributed by atoms with Gasteiger partial charge in [-0.2, -0.15) is 0 Å². The van der Waals surface area contributed by atoms with Crippen LogP contribution in [0.4, 0.5) is 0 Å². The number of hydrogen-bond acceptors (Lipinski definition) is 2. The number of nitrogens with zero attached hydrogens (tertiary/aromatic N) is 1. The second-order valence-corrected chi connectivity index (χ2v) is 6.90. The highest BCUT2D eigenvalue weighted by Crippen LogP contribution is 2.23. The first-order valence-electron chi connectivity index (χ1n) is 8.50. The third-order valence-electron chi connectivity index (χ3n) is 5.06. The Morgan fingerprint density at radius 3 is 2.37 bits per heavy atom. The van der Waals surface area contributed by atoms with Gasteiger partial charge in [0.1, 0.15) is 0 Å². The summed E-state index contributed by atoms with van der Waals surface area (Å²) in [4.78, 5) is 2.80. The Morgan fingerprint density at radius 1 is 1.16 bits per heavy atom. The van der Waals surface area contributed by atoms with Crippen molar-refractivity contribution in [1.29, 1.82) is 0 Å². The van der Waals surface area contributed by atoms with Crippen molar-refractivity contribution < 1.29 is 0 Å². The number of nitrogens with one attached hydrogen (secondary N) is 1. The Bertz CT molecular complexity index is 239. The van der Waals surface area contributed by atoms with Crippen molar-refractivity contribution in [1.82, 2.24) is 10.2 Å². The second-order valence-electron chi connectivity index (χ2n) is 6.90. The van der Waals surface area contributed by atoms with Crippen LogP contribution in [0.2, 0.25) is 0 Å². The first kappa shape index (κ1) is 17.0. The van der Waals surface area contributed by atoms with Crippen molar-refractivity contribution in [2.75, 3.05) is 13.1 Å². The van der Waals surface area contributed by atoms with Crippen LogP contribution in [0.3, 0.4) is 0 Å². The van der Waals surface area contributed by atoms with Gasteiger partial charge in [-0.25, -0.2) is 0 Å². The Morgan fingerprint density at radius 2 is 1.84 bits per heavy atom. The Hall–Kier alpha value is -0.0800. The van der Waals surface area contributed by atoms with Crippen molar-refractivity contribution >= 4 is 0 Å². The van der Waals surface area contributed by atoms with Crippen LogP contribution in [0, 0.1) is 11.8 Å². The summed E-state index contributed by atoms with van der Waals surface area (Å²) in [5.41, 5.74) is 0. The lowest BCUT2D eigenvalue weighted by atomic mass is 9.90. The molecule has 0 saturated carbocycles. The molecule has 4 atom stereocenters. The highest BCUT2D eigenvalue weighted by atomic mass is 15.3. The largest absolute Gasteiger partial charge is 0.311 e. The third-order valence-corrected chi connectivity index (χ3v) is 5.06. The first-order valence-corrected chi connectivity index (χ1v) is 8.50. The molecule has 0 aromatic carbocycles. The average molecular weight is 268 g/mol. The predicted octanol–water partition coefficient (Wildman–Crippen LogP) is 3.91. The van der Waals surface area contributed by atoms with E-state index in [-0.39, 0.29) is 0 Å². The summed E-state index contributed by atoms with van der Waals surface area (Å²) in [5, 5.41) is 3.80. The van der Waals surface area contributed by atoms with Crippen molar-refractivity contribution in [2.24, 2.45) is 11.8 Å². The summed E-state index contributed by atoms with van der Waals surface area (Å²) < 4.78 is 0. The third kappa shape index (κ3) is 4.75. The molecule has 0 bridgehead atoms. The molecule has 0 spiro atoms. The molecular weight excluding hydrogens is 232 g/mol. The van der Waals surface area contributed by atoms with Gasteiger partial charge in [0.25, 0.3) is 0 Å². The molecule has 0 aromatic rings. The van der Waals surface area contributed by atoms with Crippen LogP contribution in [0.25, 0.3) is 0 Å². The molecule has 0 aromatic heterocycles. The minimum absolute atomic E-state index is 0.684. The van der Waals surface area contributed by atoms with Crippen LogP contribution in [0.15, 0.2) is 0 Å². The fourth-order valence-corrected chi connectivity index (χ4v) is 3.27. The van der Waals surface area contributed by atoms with Crippen LogP contribution in [-0.2, 0) is 0 Å². The Balaban J connectivity index is 2.67. The lowest BCUT2D eigenvalue weighted by Gasteiger charge is -2.47. The van der Waals surface area contributed by atoms with Gasteiger partial charge in [-0.15, -0.1) is 0 Å². The van der Waals surface area contributed by atoms with E-state index in [1.165, 1.54) is 38.8 Å². The fraction of sp³-hybridized carbons (Fsp3) is 1.00. The molecule has 19 heavy (non-hydrogen) atoms.